The van der Waals surface area contributed by atoms with E-state index in [2.05, 4.69) is 5.32 Å². The first-order valence-corrected chi connectivity index (χ1v) is 5.09. The molecule has 84 valence electrons. The van der Waals surface area contributed by atoms with Gasteiger partial charge in [-0.2, -0.15) is 5.26 Å². The Bertz CT molecular complexity index is 273. The van der Waals surface area contributed by atoms with E-state index in [9.17, 15) is 9.59 Å². The normalized spacial score (nSPS) is 9.53. The third-order valence-electron chi connectivity index (χ3n) is 1.72. The van der Waals surface area contributed by atoms with E-state index in [4.69, 9.17) is 16.9 Å². The van der Waals surface area contributed by atoms with Crippen LogP contribution in [0.4, 0.5) is 4.79 Å². The summed E-state index contributed by atoms with van der Waals surface area (Å²) in [6, 6.07) is 1.37. The molecule has 0 aliphatic heterocycles. The summed E-state index contributed by atoms with van der Waals surface area (Å²) in [5.74, 6) is -0.792. The number of nitriles is 1. The number of amides is 3. The SMILES string of the molecule is CC(C)N(CCC#N)C(=O)NC(=O)CCl. The van der Waals surface area contributed by atoms with Gasteiger partial charge in [-0.1, -0.05) is 0 Å². The summed E-state index contributed by atoms with van der Waals surface area (Å²) in [6.07, 6.45) is 0.237. The third-order valence-corrected chi connectivity index (χ3v) is 1.96. The molecule has 0 unspecified atom stereocenters. The minimum Gasteiger partial charge on any atom is -0.321 e. The molecule has 0 aliphatic rings. The first kappa shape index (κ1) is 13.7. The van der Waals surface area contributed by atoms with Gasteiger partial charge in [-0.15, -0.1) is 11.6 Å². The number of halogens is 1. The molecule has 1 N–H and O–H groups in total. The van der Waals surface area contributed by atoms with Crippen molar-refractivity contribution in [1.82, 2.24) is 10.2 Å². The molecular formula is C9H14ClN3O2. The van der Waals surface area contributed by atoms with Crippen LogP contribution in [0, 0.1) is 11.3 Å². The Kier molecular flexibility index (Phi) is 6.47. The Labute approximate surface area is 94.0 Å². The maximum Gasteiger partial charge on any atom is 0.324 e. The van der Waals surface area contributed by atoms with Crippen LogP contribution in [0.5, 0.6) is 0 Å². The van der Waals surface area contributed by atoms with Crippen LogP contribution in [0.2, 0.25) is 0 Å². The number of alkyl halides is 1. The molecule has 0 spiro atoms. The van der Waals surface area contributed by atoms with E-state index in [0.29, 0.717) is 6.54 Å². The summed E-state index contributed by atoms with van der Waals surface area (Å²) in [5, 5.41) is 10.5. The average molecular weight is 232 g/mol. The van der Waals surface area contributed by atoms with Crippen LogP contribution in [0.15, 0.2) is 0 Å². The van der Waals surface area contributed by atoms with Crippen LogP contribution in [0.1, 0.15) is 20.3 Å². The molecule has 0 saturated heterocycles. The third kappa shape index (κ3) is 5.23. The molecular weight excluding hydrogens is 218 g/mol. The molecule has 0 aliphatic carbocycles. The number of urea groups is 1. The smallest absolute Gasteiger partial charge is 0.321 e. The van der Waals surface area contributed by atoms with Gasteiger partial charge >= 0.3 is 6.03 Å². The van der Waals surface area contributed by atoms with Gasteiger partial charge in [0.1, 0.15) is 5.88 Å². The molecule has 0 heterocycles. The zero-order valence-electron chi connectivity index (χ0n) is 8.79. The largest absolute Gasteiger partial charge is 0.324 e. The van der Waals surface area contributed by atoms with Gasteiger partial charge in [0, 0.05) is 12.6 Å². The van der Waals surface area contributed by atoms with Crippen molar-refractivity contribution in [3.8, 4) is 6.07 Å². The molecule has 0 radical (unpaired) electrons. The molecule has 6 heteroatoms. The molecule has 5 nitrogen and oxygen atoms in total. The van der Waals surface area contributed by atoms with Gasteiger partial charge in [-0.3, -0.25) is 10.1 Å². The van der Waals surface area contributed by atoms with E-state index >= 15 is 0 Å². The lowest BCUT2D eigenvalue weighted by Gasteiger charge is -2.25. The standard InChI is InChI=1S/C9H14ClN3O2/c1-7(2)13(5-3-4-11)9(15)12-8(14)6-10/h7H,3,5-6H2,1-2H3,(H,12,14,15). The van der Waals surface area contributed by atoms with Crippen molar-refractivity contribution >= 4 is 23.5 Å². The van der Waals surface area contributed by atoms with Gasteiger partial charge in [0.2, 0.25) is 5.91 Å². The molecule has 0 aromatic heterocycles. The summed E-state index contributed by atoms with van der Waals surface area (Å²) >= 11 is 5.25. The number of nitrogens with one attached hydrogen (secondary N) is 1. The fourth-order valence-electron chi connectivity index (χ4n) is 0.989. The molecule has 15 heavy (non-hydrogen) atoms. The first-order chi connectivity index (χ1) is 7.02. The number of imide groups is 1. The predicted molar refractivity (Wildman–Crippen MR) is 56.3 cm³/mol. The molecule has 0 aromatic carbocycles. The number of carbonyl (C=O) groups excluding carboxylic acids is 2. The molecule has 0 fully saturated rings. The van der Waals surface area contributed by atoms with E-state index < -0.39 is 11.9 Å². The summed E-state index contributed by atoms with van der Waals surface area (Å²) in [6.45, 7) is 3.92. The Morgan fingerprint density at radius 3 is 2.53 bits per heavy atom. The zero-order valence-corrected chi connectivity index (χ0v) is 9.54. The molecule has 0 atom stereocenters. The van der Waals surface area contributed by atoms with Crippen molar-refractivity contribution in [3.05, 3.63) is 0 Å². The van der Waals surface area contributed by atoms with Gasteiger partial charge in [0.25, 0.3) is 0 Å². The van der Waals surface area contributed by atoms with Crippen molar-refractivity contribution in [2.75, 3.05) is 12.4 Å². The van der Waals surface area contributed by atoms with E-state index in [0.717, 1.165) is 0 Å². The number of carbonyl (C=O) groups is 2. The lowest BCUT2D eigenvalue weighted by atomic mass is 10.3. The van der Waals surface area contributed by atoms with Crippen LogP contribution < -0.4 is 5.32 Å². The Morgan fingerprint density at radius 1 is 1.53 bits per heavy atom. The molecule has 0 bridgehead atoms. The highest BCUT2D eigenvalue weighted by Gasteiger charge is 2.17. The van der Waals surface area contributed by atoms with Crippen LogP contribution >= 0.6 is 11.6 Å². The van der Waals surface area contributed by atoms with Gasteiger partial charge in [-0.05, 0) is 13.8 Å². The molecule has 0 rings (SSSR count). The fraction of sp³-hybridized carbons (Fsp3) is 0.667. The minimum atomic E-state index is -0.538. The van der Waals surface area contributed by atoms with Crippen LogP contribution in [0.25, 0.3) is 0 Å². The summed E-state index contributed by atoms with van der Waals surface area (Å²) in [4.78, 5) is 23.8. The molecule has 3 amide bonds. The molecule has 0 saturated carbocycles. The quantitative estimate of drug-likeness (QED) is 0.736. The Balaban J connectivity index is 4.30. The topological polar surface area (TPSA) is 73.2 Å². The maximum absolute atomic E-state index is 11.5. The Morgan fingerprint density at radius 2 is 2.13 bits per heavy atom. The number of rotatable bonds is 4. The lowest BCUT2D eigenvalue weighted by molar-refractivity contribution is -0.117. The van der Waals surface area contributed by atoms with E-state index in [1.165, 1.54) is 4.90 Å². The number of hydrogen-bond acceptors (Lipinski definition) is 3. The highest BCUT2D eigenvalue weighted by atomic mass is 35.5. The van der Waals surface area contributed by atoms with E-state index in [-0.39, 0.29) is 18.3 Å². The second-order valence-electron chi connectivity index (χ2n) is 3.18. The summed E-state index contributed by atoms with van der Waals surface area (Å²) in [7, 11) is 0. The van der Waals surface area contributed by atoms with E-state index in [1.54, 1.807) is 0 Å². The Hall–Kier alpha value is -1.28. The second-order valence-corrected chi connectivity index (χ2v) is 3.45. The number of nitrogens with zero attached hydrogens (tertiary/aromatic N) is 2. The van der Waals surface area contributed by atoms with Crippen molar-refractivity contribution < 1.29 is 9.59 Å². The van der Waals surface area contributed by atoms with E-state index in [1.807, 2.05) is 19.9 Å². The zero-order chi connectivity index (χ0) is 11.8. The van der Waals surface area contributed by atoms with Gasteiger partial charge in [0.15, 0.2) is 0 Å². The van der Waals surface area contributed by atoms with Gasteiger partial charge in [0.05, 0.1) is 12.5 Å². The second kappa shape index (κ2) is 7.07. The lowest BCUT2D eigenvalue weighted by Crippen LogP contribution is -2.46. The molecule has 0 aromatic rings. The van der Waals surface area contributed by atoms with Crippen molar-refractivity contribution in [3.63, 3.8) is 0 Å². The highest BCUT2D eigenvalue weighted by Crippen LogP contribution is 2.00. The van der Waals surface area contributed by atoms with Crippen molar-refractivity contribution in [2.45, 2.75) is 26.3 Å². The average Bonchev–Trinajstić information content (AvgIpc) is 2.17. The highest BCUT2D eigenvalue weighted by molar-refractivity contribution is 6.28. The van der Waals surface area contributed by atoms with Crippen molar-refractivity contribution in [1.29, 1.82) is 5.26 Å². The van der Waals surface area contributed by atoms with Crippen molar-refractivity contribution in [2.24, 2.45) is 0 Å². The summed E-state index contributed by atoms with van der Waals surface area (Å²) < 4.78 is 0. The maximum atomic E-state index is 11.5. The van der Waals surface area contributed by atoms with Gasteiger partial charge < -0.3 is 4.90 Å². The van der Waals surface area contributed by atoms with Crippen LogP contribution in [0.3, 0.4) is 0 Å². The van der Waals surface area contributed by atoms with Crippen LogP contribution in [-0.2, 0) is 4.79 Å². The number of hydrogen-bond donors (Lipinski definition) is 1. The minimum absolute atomic E-state index is 0.0681. The summed E-state index contributed by atoms with van der Waals surface area (Å²) in [5.41, 5.74) is 0. The monoisotopic (exact) mass is 231 g/mol. The van der Waals surface area contributed by atoms with Crippen LogP contribution in [-0.4, -0.2) is 35.3 Å². The predicted octanol–water partition coefficient (Wildman–Crippen LogP) is 1.09. The fourth-order valence-corrected chi connectivity index (χ4v) is 1.06. The first-order valence-electron chi connectivity index (χ1n) is 4.56. The van der Waals surface area contributed by atoms with Gasteiger partial charge in [-0.25, -0.2) is 4.79 Å².